The van der Waals surface area contributed by atoms with Gasteiger partial charge in [-0.25, -0.2) is 9.19 Å². The zero-order valence-corrected chi connectivity index (χ0v) is 29.4. The highest BCUT2D eigenvalue weighted by Gasteiger charge is 2.49. The van der Waals surface area contributed by atoms with Crippen molar-refractivity contribution >= 4 is 46.3 Å². The van der Waals surface area contributed by atoms with E-state index in [1.165, 1.54) is 0 Å². The second kappa shape index (κ2) is 13.3. The monoisotopic (exact) mass is 684 g/mol. The van der Waals surface area contributed by atoms with E-state index in [0.717, 1.165) is 22.7 Å². The van der Waals surface area contributed by atoms with Crippen LogP contribution in [-0.4, -0.2) is 88.2 Å². The third-order valence-corrected chi connectivity index (χ3v) is 11.9. The summed E-state index contributed by atoms with van der Waals surface area (Å²) in [5, 5.41) is 10.7. The molecule has 0 aliphatic carbocycles. The SMILES string of the molecule is CCS(C)(=O)=Nc1ccc(-c2ccc(-c3nc4c(cc3Cl)nc(O[C@@H]3CO[C@H]5[C@@H]3OC[C@H]5O)n4COCC[Si](C)(C)C)cc2)cc1. The van der Waals surface area contributed by atoms with Crippen molar-refractivity contribution in [1.29, 1.82) is 0 Å². The number of aromatic nitrogens is 3. The summed E-state index contributed by atoms with van der Waals surface area (Å²) in [5.74, 6) is 0.510. The molecule has 0 saturated carbocycles. The van der Waals surface area contributed by atoms with Gasteiger partial charge >= 0.3 is 6.01 Å². The highest BCUT2D eigenvalue weighted by atomic mass is 35.5. The van der Waals surface area contributed by atoms with Gasteiger partial charge in [0.1, 0.15) is 30.6 Å². The van der Waals surface area contributed by atoms with Gasteiger partial charge in [-0.2, -0.15) is 9.35 Å². The zero-order chi connectivity index (χ0) is 32.6. The van der Waals surface area contributed by atoms with Gasteiger partial charge in [-0.3, -0.25) is 4.57 Å². The molecule has 2 fully saturated rings. The van der Waals surface area contributed by atoms with E-state index in [1.54, 1.807) is 12.3 Å². The van der Waals surface area contributed by atoms with Crippen molar-refractivity contribution in [2.45, 2.75) is 63.8 Å². The fraction of sp³-hybridized carbons (Fsp3) is 0.455. The minimum atomic E-state index is -2.22. The fourth-order valence-corrected chi connectivity index (χ4v) is 7.16. The quantitative estimate of drug-likeness (QED) is 0.143. The van der Waals surface area contributed by atoms with E-state index in [2.05, 4.69) is 24.0 Å². The summed E-state index contributed by atoms with van der Waals surface area (Å²) in [4.78, 5) is 9.72. The van der Waals surface area contributed by atoms with Crippen LogP contribution in [0, 0.1) is 0 Å². The smallest absolute Gasteiger partial charge is 0.301 e. The second-order valence-corrected chi connectivity index (χ2v) is 21.8. The average molecular weight is 685 g/mol. The molecule has 2 aromatic heterocycles. The molecule has 0 amide bonds. The number of imidazole rings is 1. The minimum Gasteiger partial charge on any atom is -0.456 e. The number of aliphatic hydroxyl groups excluding tert-OH is 1. The van der Waals surface area contributed by atoms with E-state index in [9.17, 15) is 9.32 Å². The lowest BCUT2D eigenvalue weighted by atomic mass is 10.0. The Bertz CT molecular complexity index is 1820. The van der Waals surface area contributed by atoms with Gasteiger partial charge in [0.2, 0.25) is 0 Å². The highest BCUT2D eigenvalue weighted by molar-refractivity contribution is 7.93. The van der Waals surface area contributed by atoms with E-state index in [1.807, 2.05) is 60.0 Å². The third kappa shape index (κ3) is 7.33. The number of hydrogen-bond donors (Lipinski definition) is 1. The molecule has 4 heterocycles. The predicted octanol–water partition coefficient (Wildman–Crippen LogP) is 6.39. The Morgan fingerprint density at radius 3 is 2.35 bits per heavy atom. The number of fused-ring (bicyclic) bond motifs is 2. The molecule has 2 saturated heterocycles. The van der Waals surface area contributed by atoms with Crippen molar-refractivity contribution in [1.82, 2.24) is 14.5 Å². The van der Waals surface area contributed by atoms with E-state index >= 15 is 0 Å². The number of rotatable bonds is 11. The Balaban J connectivity index is 1.28. The lowest BCUT2D eigenvalue weighted by Gasteiger charge is -2.19. The maximum absolute atomic E-state index is 12.4. The highest BCUT2D eigenvalue weighted by Crippen LogP contribution is 2.35. The maximum Gasteiger partial charge on any atom is 0.301 e. The lowest BCUT2D eigenvalue weighted by molar-refractivity contribution is 0.00336. The van der Waals surface area contributed by atoms with Gasteiger partial charge < -0.3 is 24.1 Å². The number of halogens is 1. The summed E-state index contributed by atoms with van der Waals surface area (Å²) in [5.41, 5.74) is 5.39. The van der Waals surface area contributed by atoms with Gasteiger partial charge in [-0.1, -0.05) is 74.6 Å². The number of hydrogen-bond acceptors (Lipinski definition) is 9. The molecule has 5 atom stereocenters. The summed E-state index contributed by atoms with van der Waals surface area (Å²) in [6.45, 7) is 10.1. The molecule has 0 bridgehead atoms. The van der Waals surface area contributed by atoms with Crippen LogP contribution in [0.2, 0.25) is 30.7 Å². The van der Waals surface area contributed by atoms with E-state index < -0.39 is 36.1 Å². The first kappa shape index (κ1) is 33.1. The average Bonchev–Trinajstić information content (AvgIpc) is 3.69. The molecule has 2 aliphatic heterocycles. The molecule has 246 valence electrons. The molecule has 13 heteroatoms. The third-order valence-electron chi connectivity index (χ3n) is 8.29. The van der Waals surface area contributed by atoms with Crippen LogP contribution < -0.4 is 4.74 Å². The first-order chi connectivity index (χ1) is 21.9. The predicted molar refractivity (Wildman–Crippen MR) is 184 cm³/mol. The van der Waals surface area contributed by atoms with Gasteiger partial charge in [-0.15, -0.1) is 0 Å². The number of pyridine rings is 1. The van der Waals surface area contributed by atoms with Gasteiger partial charge in [0.15, 0.2) is 11.8 Å². The summed E-state index contributed by atoms with van der Waals surface area (Å²) in [6.07, 6.45) is -0.219. The molecule has 2 aromatic carbocycles. The molecular formula is C33H41ClN4O6SSi. The van der Waals surface area contributed by atoms with Gasteiger partial charge in [0, 0.05) is 42.0 Å². The number of aliphatic hydroxyl groups is 1. The molecule has 46 heavy (non-hydrogen) atoms. The standard InChI is InChI=1S/C33H41ClN4O6SSi/c1-6-45(2,40)37-24-13-11-22(12-14-24)21-7-9-23(10-8-21)29-25(34)17-26-32(36-29)38(20-41-15-16-46(3,4)5)33(35-26)44-28-19-43-30-27(39)18-42-31(28)30/h7-14,17,27-28,30-31,39H,6,15-16,18-20H2,1-5H3/t27-,28-,30-,31-,45?/m1/s1. The Morgan fingerprint density at radius 1 is 1.02 bits per heavy atom. The fourth-order valence-electron chi connectivity index (χ4n) is 5.45. The van der Waals surface area contributed by atoms with Crippen LogP contribution in [0.15, 0.2) is 59.0 Å². The van der Waals surface area contributed by atoms with E-state index in [-0.39, 0.29) is 26.0 Å². The van der Waals surface area contributed by atoms with Crippen LogP contribution in [0.4, 0.5) is 5.69 Å². The number of ether oxygens (including phenoxy) is 4. The molecule has 0 radical (unpaired) electrons. The normalized spacial score (nSPS) is 22.6. The number of nitrogens with zero attached hydrogens (tertiary/aromatic N) is 4. The van der Waals surface area contributed by atoms with Crippen molar-refractivity contribution < 1.29 is 28.3 Å². The Hall–Kier alpha value is -2.84. The molecule has 10 nitrogen and oxygen atoms in total. The molecule has 6 rings (SSSR count). The minimum absolute atomic E-state index is 0.210. The molecule has 2 aliphatic rings. The van der Waals surface area contributed by atoms with Crippen LogP contribution in [0.1, 0.15) is 6.92 Å². The van der Waals surface area contributed by atoms with Gasteiger partial charge in [-0.05, 0) is 35.4 Å². The summed E-state index contributed by atoms with van der Waals surface area (Å²) < 4.78 is 42.6. The van der Waals surface area contributed by atoms with Crippen LogP contribution in [0.5, 0.6) is 6.01 Å². The van der Waals surface area contributed by atoms with Crippen molar-refractivity contribution in [3.8, 4) is 28.4 Å². The molecule has 1 N–H and O–H groups in total. The van der Waals surface area contributed by atoms with Crippen LogP contribution in [-0.2, 0) is 30.7 Å². The summed E-state index contributed by atoms with van der Waals surface area (Å²) in [7, 11) is -3.51. The molecule has 4 aromatic rings. The van der Waals surface area contributed by atoms with Crippen LogP contribution in [0.3, 0.4) is 0 Å². The first-order valence-electron chi connectivity index (χ1n) is 15.5. The Kier molecular flexibility index (Phi) is 9.59. The van der Waals surface area contributed by atoms with Crippen LogP contribution in [0.25, 0.3) is 33.5 Å². The summed E-state index contributed by atoms with van der Waals surface area (Å²) in [6, 6.07) is 18.9. The molecule has 0 spiro atoms. The van der Waals surface area contributed by atoms with Crippen LogP contribution >= 0.6 is 11.6 Å². The summed E-state index contributed by atoms with van der Waals surface area (Å²) >= 11 is 6.79. The van der Waals surface area contributed by atoms with Crippen molar-refractivity contribution in [2.24, 2.45) is 4.36 Å². The molecule has 1 unspecified atom stereocenters. The second-order valence-electron chi connectivity index (χ2n) is 13.1. The zero-order valence-electron chi connectivity index (χ0n) is 26.8. The van der Waals surface area contributed by atoms with E-state index in [0.29, 0.717) is 45.9 Å². The Labute approximate surface area is 276 Å². The van der Waals surface area contributed by atoms with Crippen molar-refractivity contribution in [3.05, 3.63) is 59.6 Å². The van der Waals surface area contributed by atoms with E-state index in [4.69, 9.17) is 40.5 Å². The van der Waals surface area contributed by atoms with Gasteiger partial charge in [0.05, 0.1) is 29.6 Å². The molecular weight excluding hydrogens is 644 g/mol. The van der Waals surface area contributed by atoms with Gasteiger partial charge in [0.25, 0.3) is 0 Å². The maximum atomic E-state index is 12.4. The first-order valence-corrected chi connectivity index (χ1v) is 21.7. The topological polar surface area (TPSA) is 117 Å². The Morgan fingerprint density at radius 2 is 1.67 bits per heavy atom. The van der Waals surface area contributed by atoms with Crippen molar-refractivity contribution in [3.63, 3.8) is 0 Å². The lowest BCUT2D eigenvalue weighted by Crippen LogP contribution is -2.35. The van der Waals surface area contributed by atoms with Crippen molar-refractivity contribution in [2.75, 3.05) is 31.8 Å². The number of benzene rings is 2. The largest absolute Gasteiger partial charge is 0.456 e.